The molecule has 0 bridgehead atoms. The Bertz CT molecular complexity index is 244. The average Bonchev–Trinajstić information content (AvgIpc) is 2.80. The maximum Gasteiger partial charge on any atom is 0.174 e. The van der Waals surface area contributed by atoms with Crippen LogP contribution in [-0.4, -0.2) is 42.3 Å². The lowest BCUT2D eigenvalue weighted by Crippen LogP contribution is -2.22. The van der Waals surface area contributed by atoms with Crippen LogP contribution < -0.4 is 5.32 Å². The summed E-state index contributed by atoms with van der Waals surface area (Å²) < 4.78 is 6.48. The van der Waals surface area contributed by atoms with Gasteiger partial charge in [0.15, 0.2) is 4.34 Å². The number of thioether (sulfide) groups is 1. The van der Waals surface area contributed by atoms with Crippen molar-refractivity contribution in [2.24, 2.45) is 0 Å². The van der Waals surface area contributed by atoms with E-state index in [2.05, 4.69) is 22.4 Å². The number of hydrogen-bond acceptors (Lipinski definition) is 6. The number of rotatable bonds is 10. The van der Waals surface area contributed by atoms with E-state index in [1.165, 1.54) is 6.42 Å². The summed E-state index contributed by atoms with van der Waals surface area (Å²) in [5.74, 6) is 1.03. The van der Waals surface area contributed by atoms with E-state index >= 15 is 0 Å². The van der Waals surface area contributed by atoms with Crippen molar-refractivity contribution in [2.75, 3.05) is 32.1 Å². The van der Waals surface area contributed by atoms with Crippen LogP contribution in [0, 0.1) is 0 Å². The van der Waals surface area contributed by atoms with Crippen LogP contribution in [-0.2, 0) is 4.74 Å². The third kappa shape index (κ3) is 7.16. The van der Waals surface area contributed by atoms with Gasteiger partial charge in [0.2, 0.25) is 0 Å². The third-order valence-corrected chi connectivity index (χ3v) is 3.77. The molecule has 0 amide bonds. The van der Waals surface area contributed by atoms with E-state index in [0.29, 0.717) is 0 Å². The first-order valence-corrected chi connectivity index (χ1v) is 7.47. The molecule has 0 fully saturated rings. The van der Waals surface area contributed by atoms with Crippen LogP contribution >= 0.6 is 23.1 Å². The van der Waals surface area contributed by atoms with Crippen LogP contribution in [0.1, 0.15) is 19.8 Å². The van der Waals surface area contributed by atoms with Gasteiger partial charge >= 0.3 is 0 Å². The Morgan fingerprint density at radius 1 is 1.44 bits per heavy atom. The molecule has 0 atom stereocenters. The second kappa shape index (κ2) is 10.0. The van der Waals surface area contributed by atoms with Gasteiger partial charge in [0.25, 0.3) is 0 Å². The summed E-state index contributed by atoms with van der Waals surface area (Å²) in [5, 5.41) is 11.1. The standard InChI is InChI=1S/C10H19N3OS2/c1-2-3-6-14-7-4-11-5-8-15-10-13-12-9-16-10/h9,11H,2-8H2,1H3. The Kier molecular flexibility index (Phi) is 8.70. The molecule has 0 saturated heterocycles. The Labute approximate surface area is 105 Å². The van der Waals surface area contributed by atoms with Gasteiger partial charge in [-0.15, -0.1) is 10.2 Å². The summed E-state index contributed by atoms with van der Waals surface area (Å²) >= 11 is 3.33. The van der Waals surface area contributed by atoms with Crippen LogP contribution in [0.25, 0.3) is 0 Å². The summed E-state index contributed by atoms with van der Waals surface area (Å²) in [7, 11) is 0. The highest BCUT2D eigenvalue weighted by atomic mass is 32.2. The van der Waals surface area contributed by atoms with Crippen molar-refractivity contribution in [3.05, 3.63) is 5.51 Å². The minimum atomic E-state index is 0.809. The Morgan fingerprint density at radius 3 is 3.12 bits per heavy atom. The molecule has 6 heteroatoms. The molecule has 1 rings (SSSR count). The van der Waals surface area contributed by atoms with E-state index in [4.69, 9.17) is 4.74 Å². The van der Waals surface area contributed by atoms with E-state index in [1.807, 2.05) is 0 Å². The van der Waals surface area contributed by atoms with Crippen LogP contribution in [0.3, 0.4) is 0 Å². The predicted molar refractivity (Wildman–Crippen MR) is 69.2 cm³/mol. The molecular weight excluding hydrogens is 242 g/mol. The van der Waals surface area contributed by atoms with E-state index < -0.39 is 0 Å². The van der Waals surface area contributed by atoms with Crippen molar-refractivity contribution in [2.45, 2.75) is 24.1 Å². The lowest BCUT2D eigenvalue weighted by Gasteiger charge is -2.04. The molecule has 0 unspecified atom stereocenters. The van der Waals surface area contributed by atoms with Gasteiger partial charge in [0, 0.05) is 25.4 Å². The van der Waals surface area contributed by atoms with Crippen molar-refractivity contribution in [3.63, 3.8) is 0 Å². The fourth-order valence-electron chi connectivity index (χ4n) is 1.05. The number of ether oxygens (including phenoxy) is 1. The molecule has 1 aromatic rings. The molecule has 1 aromatic heterocycles. The van der Waals surface area contributed by atoms with Gasteiger partial charge < -0.3 is 10.1 Å². The van der Waals surface area contributed by atoms with Crippen LogP contribution in [0.2, 0.25) is 0 Å². The Hall–Kier alpha value is -0.170. The first-order valence-electron chi connectivity index (χ1n) is 5.61. The fourth-order valence-corrected chi connectivity index (χ4v) is 2.51. The highest BCUT2D eigenvalue weighted by molar-refractivity contribution is 8.01. The highest BCUT2D eigenvalue weighted by Gasteiger charge is 1.96. The SMILES string of the molecule is CCCCOCCNCCSc1nncs1. The van der Waals surface area contributed by atoms with Crippen LogP contribution in [0.4, 0.5) is 0 Å². The molecular formula is C10H19N3OS2. The maximum absolute atomic E-state index is 5.44. The number of hydrogen-bond donors (Lipinski definition) is 1. The second-order valence-electron chi connectivity index (χ2n) is 3.27. The molecule has 0 aliphatic heterocycles. The van der Waals surface area contributed by atoms with Crippen molar-refractivity contribution < 1.29 is 4.74 Å². The predicted octanol–water partition coefficient (Wildman–Crippen LogP) is 2.04. The van der Waals surface area contributed by atoms with Gasteiger partial charge in [-0.2, -0.15) is 0 Å². The van der Waals surface area contributed by atoms with Crippen molar-refractivity contribution in [1.29, 1.82) is 0 Å². The zero-order chi connectivity index (χ0) is 11.5. The van der Waals surface area contributed by atoms with Gasteiger partial charge in [-0.3, -0.25) is 0 Å². The lowest BCUT2D eigenvalue weighted by atomic mass is 10.4. The molecule has 1 heterocycles. The van der Waals surface area contributed by atoms with E-state index in [1.54, 1.807) is 28.6 Å². The first kappa shape index (κ1) is 13.9. The zero-order valence-electron chi connectivity index (χ0n) is 9.65. The monoisotopic (exact) mass is 261 g/mol. The Morgan fingerprint density at radius 2 is 2.38 bits per heavy atom. The molecule has 0 aromatic carbocycles. The minimum absolute atomic E-state index is 0.809. The first-order chi connectivity index (χ1) is 7.93. The summed E-state index contributed by atoms with van der Waals surface area (Å²) in [6.45, 7) is 5.79. The van der Waals surface area contributed by atoms with Gasteiger partial charge in [-0.1, -0.05) is 36.4 Å². The van der Waals surface area contributed by atoms with Gasteiger partial charge in [-0.25, -0.2) is 0 Å². The Balaban J connectivity index is 1.78. The van der Waals surface area contributed by atoms with Crippen LogP contribution in [0.5, 0.6) is 0 Å². The molecule has 0 aliphatic rings. The van der Waals surface area contributed by atoms with Gasteiger partial charge in [0.05, 0.1) is 6.61 Å². The highest BCUT2D eigenvalue weighted by Crippen LogP contribution is 2.17. The molecule has 0 radical (unpaired) electrons. The zero-order valence-corrected chi connectivity index (χ0v) is 11.3. The van der Waals surface area contributed by atoms with E-state index in [0.717, 1.165) is 42.8 Å². The second-order valence-corrected chi connectivity index (χ2v) is 5.44. The largest absolute Gasteiger partial charge is 0.380 e. The van der Waals surface area contributed by atoms with Crippen molar-refractivity contribution in [1.82, 2.24) is 15.5 Å². The van der Waals surface area contributed by atoms with E-state index in [9.17, 15) is 0 Å². The summed E-state index contributed by atoms with van der Waals surface area (Å²) in [5.41, 5.74) is 1.76. The number of aromatic nitrogens is 2. The van der Waals surface area contributed by atoms with Gasteiger partial charge in [-0.05, 0) is 6.42 Å². The van der Waals surface area contributed by atoms with Crippen molar-refractivity contribution in [3.8, 4) is 0 Å². The smallest absolute Gasteiger partial charge is 0.174 e. The molecule has 0 saturated carbocycles. The summed E-state index contributed by atoms with van der Waals surface area (Å²) in [4.78, 5) is 0. The number of nitrogens with one attached hydrogen (secondary N) is 1. The fraction of sp³-hybridized carbons (Fsp3) is 0.800. The molecule has 16 heavy (non-hydrogen) atoms. The maximum atomic E-state index is 5.44. The van der Waals surface area contributed by atoms with Crippen LogP contribution in [0.15, 0.2) is 9.85 Å². The summed E-state index contributed by atoms with van der Waals surface area (Å²) in [6, 6.07) is 0. The molecule has 4 nitrogen and oxygen atoms in total. The number of nitrogens with zero attached hydrogens (tertiary/aromatic N) is 2. The normalized spacial score (nSPS) is 10.8. The lowest BCUT2D eigenvalue weighted by molar-refractivity contribution is 0.133. The van der Waals surface area contributed by atoms with Gasteiger partial charge in [0.1, 0.15) is 5.51 Å². The minimum Gasteiger partial charge on any atom is -0.380 e. The topological polar surface area (TPSA) is 47.0 Å². The average molecular weight is 261 g/mol. The number of unbranched alkanes of at least 4 members (excludes halogenated alkanes) is 1. The molecule has 0 aliphatic carbocycles. The molecule has 1 N–H and O–H groups in total. The molecule has 0 spiro atoms. The summed E-state index contributed by atoms with van der Waals surface area (Å²) in [6.07, 6.45) is 2.36. The van der Waals surface area contributed by atoms with Crippen molar-refractivity contribution >= 4 is 23.1 Å². The van der Waals surface area contributed by atoms with E-state index in [-0.39, 0.29) is 0 Å². The quantitative estimate of drug-likeness (QED) is 0.516. The third-order valence-electron chi connectivity index (χ3n) is 1.91. The molecule has 92 valence electrons.